The molecule has 4 heteroatoms. The molecule has 38 heavy (non-hydrogen) atoms. The van der Waals surface area contributed by atoms with Crippen molar-refractivity contribution < 1.29 is 47.8 Å². The van der Waals surface area contributed by atoms with Crippen molar-refractivity contribution in [1.82, 2.24) is 0 Å². The summed E-state index contributed by atoms with van der Waals surface area (Å²) in [5.74, 6) is 1.49. The molecule has 0 aromatic rings. The average Bonchev–Trinajstić information content (AvgIpc) is 3.66. The number of allylic oxidation sites excluding steroid dienone is 16. The number of fused-ring (bicyclic) bond motifs is 4. The Balaban J connectivity index is 0.000000167. The predicted octanol–water partition coefficient (Wildman–Crippen LogP) is 3.57. The number of rotatable bonds is 0. The first kappa shape index (κ1) is 32.1. The molecule has 0 aromatic heterocycles. The Labute approximate surface area is 259 Å². The van der Waals surface area contributed by atoms with Gasteiger partial charge in [-0.3, -0.25) is 0 Å². The van der Waals surface area contributed by atoms with Crippen molar-refractivity contribution in [3.63, 3.8) is 0 Å². The number of halogens is 2. The van der Waals surface area contributed by atoms with Crippen LogP contribution >= 0.6 is 0 Å². The topological polar surface area (TPSA) is 0 Å². The zero-order chi connectivity index (χ0) is 25.6. The number of hydrogen-bond donors (Lipinski definition) is 0. The van der Waals surface area contributed by atoms with Crippen LogP contribution in [0.3, 0.4) is 0 Å². The van der Waals surface area contributed by atoms with Gasteiger partial charge in [0.2, 0.25) is 0 Å². The summed E-state index contributed by atoms with van der Waals surface area (Å²) < 4.78 is 0. The molecule has 0 N–H and O–H groups in total. The molecule has 0 radical (unpaired) electrons. The third-order valence-corrected chi connectivity index (χ3v) is 16.7. The van der Waals surface area contributed by atoms with E-state index in [-0.39, 0.29) is 24.8 Å². The first-order chi connectivity index (χ1) is 17.3. The van der Waals surface area contributed by atoms with Gasteiger partial charge in [0.25, 0.3) is 0 Å². The molecule has 0 spiro atoms. The van der Waals surface area contributed by atoms with Gasteiger partial charge in [-0.2, -0.15) is 23.3 Å². The van der Waals surface area contributed by atoms with E-state index in [0.29, 0.717) is 5.49 Å². The Morgan fingerprint density at radius 1 is 0.658 bits per heavy atom. The molecule has 0 bridgehead atoms. The molecule has 1 saturated heterocycles. The van der Waals surface area contributed by atoms with E-state index in [2.05, 4.69) is 65.8 Å². The normalized spacial score (nSPS) is 26.6. The molecule has 2 unspecified atom stereocenters. The molecule has 6 aliphatic carbocycles. The van der Waals surface area contributed by atoms with E-state index < -0.39 is 0 Å². The first-order valence-electron chi connectivity index (χ1n) is 14.3. The molecule has 2 saturated carbocycles. The maximum atomic E-state index is 3.52. The SMILES string of the molecule is CC1=[C-]C2=C(C)C3CCCC3=C(C)C2=C1.CC1=[C-]C2=C(C)C3CCCC3=C(C)C2=C1.[Cl-].[Cl-].[Hf+2]=[Si]1CCCC1. The van der Waals surface area contributed by atoms with Gasteiger partial charge in [-0.25, -0.2) is 0 Å². The third-order valence-electron chi connectivity index (χ3n) is 9.44. The summed E-state index contributed by atoms with van der Waals surface area (Å²) in [7, 11) is 0. The van der Waals surface area contributed by atoms with Gasteiger partial charge in [0, 0.05) is 0 Å². The second-order valence-electron chi connectivity index (χ2n) is 11.8. The summed E-state index contributed by atoms with van der Waals surface area (Å²) in [6, 6.07) is 3.30. The van der Waals surface area contributed by atoms with E-state index in [1.165, 1.54) is 72.0 Å². The van der Waals surface area contributed by atoms with Crippen LogP contribution in [0.2, 0.25) is 12.1 Å². The fourth-order valence-corrected chi connectivity index (χ4v) is 12.8. The first-order valence-corrected chi connectivity index (χ1v) is 21.6. The monoisotopic (exact) mass is 728 g/mol. The van der Waals surface area contributed by atoms with Gasteiger partial charge >= 0.3 is 53.4 Å². The van der Waals surface area contributed by atoms with Crippen molar-refractivity contribution in [2.45, 2.75) is 105 Å². The average molecular weight is 728 g/mol. The number of hydrogen-bond acceptors (Lipinski definition) is 0. The van der Waals surface area contributed by atoms with Crippen molar-refractivity contribution in [3.05, 3.63) is 91.2 Å². The molecule has 7 aliphatic rings. The van der Waals surface area contributed by atoms with Gasteiger partial charge < -0.3 is 24.8 Å². The maximum absolute atomic E-state index is 3.52. The molecule has 1 heterocycles. The molecular formula is C34H42Cl2HfSi-2. The second kappa shape index (κ2) is 13.5. The molecule has 0 amide bonds. The van der Waals surface area contributed by atoms with Gasteiger partial charge in [-0.15, -0.1) is 45.6 Å². The summed E-state index contributed by atoms with van der Waals surface area (Å²) in [5.41, 5.74) is 18.3. The molecule has 7 rings (SSSR count). The van der Waals surface area contributed by atoms with Crippen LogP contribution in [0.1, 0.15) is 92.9 Å². The summed E-state index contributed by atoms with van der Waals surface area (Å²) in [6.07, 6.45) is 22.9. The summed E-state index contributed by atoms with van der Waals surface area (Å²) in [6.45, 7) is 13.5. The van der Waals surface area contributed by atoms with E-state index in [9.17, 15) is 0 Å². The van der Waals surface area contributed by atoms with Gasteiger partial charge in [0.05, 0.1) is 0 Å². The minimum absolute atomic E-state index is 0. The zero-order valence-electron chi connectivity index (χ0n) is 24.1. The van der Waals surface area contributed by atoms with Crippen LogP contribution in [0, 0.1) is 24.0 Å². The Bertz CT molecular complexity index is 1160. The van der Waals surface area contributed by atoms with Gasteiger partial charge in [-0.1, -0.05) is 62.8 Å². The molecule has 1 aliphatic heterocycles. The fourth-order valence-electron chi connectivity index (χ4n) is 7.43. The molecule has 0 nitrogen and oxygen atoms in total. The van der Waals surface area contributed by atoms with Crippen molar-refractivity contribution in [2.24, 2.45) is 11.8 Å². The quantitative estimate of drug-likeness (QED) is 0.265. The fraction of sp³-hybridized carbons (Fsp3) is 0.529. The molecule has 2 atom stereocenters. The summed E-state index contributed by atoms with van der Waals surface area (Å²) in [4.78, 5) is 0. The Morgan fingerprint density at radius 3 is 1.39 bits per heavy atom. The molecular weight excluding hydrogens is 686 g/mol. The van der Waals surface area contributed by atoms with Crippen LogP contribution in [0.4, 0.5) is 0 Å². The van der Waals surface area contributed by atoms with Crippen molar-refractivity contribution in [3.8, 4) is 0 Å². The predicted molar refractivity (Wildman–Crippen MR) is 151 cm³/mol. The van der Waals surface area contributed by atoms with Crippen LogP contribution in [-0.2, 0) is 23.0 Å². The van der Waals surface area contributed by atoms with Gasteiger partial charge in [0.15, 0.2) is 0 Å². The van der Waals surface area contributed by atoms with E-state index in [1.54, 1.807) is 81.4 Å². The molecule has 202 valence electrons. The Morgan fingerprint density at radius 2 is 1.05 bits per heavy atom. The summed E-state index contributed by atoms with van der Waals surface area (Å²) in [5, 5.41) is 0. The van der Waals surface area contributed by atoms with Crippen LogP contribution in [0.15, 0.2) is 79.0 Å². The van der Waals surface area contributed by atoms with Crippen LogP contribution in [-0.4, -0.2) is 5.49 Å². The van der Waals surface area contributed by atoms with Crippen LogP contribution in [0.5, 0.6) is 0 Å². The van der Waals surface area contributed by atoms with E-state index >= 15 is 0 Å². The summed E-state index contributed by atoms with van der Waals surface area (Å²) >= 11 is 1.55. The molecule has 0 aromatic carbocycles. The van der Waals surface area contributed by atoms with E-state index in [1.807, 2.05) is 0 Å². The van der Waals surface area contributed by atoms with Crippen LogP contribution < -0.4 is 24.8 Å². The van der Waals surface area contributed by atoms with Crippen molar-refractivity contribution >= 4 is 5.49 Å². The van der Waals surface area contributed by atoms with Crippen molar-refractivity contribution in [2.75, 3.05) is 0 Å². The van der Waals surface area contributed by atoms with Gasteiger partial charge in [0.1, 0.15) is 0 Å². The standard InChI is InChI=1S/2C15H17.C4H8Si.2ClH.Hf/c2*1-9-7-14-10(2)12-5-4-6-13(12)11(3)15(14)8-9;1-2-4-5-3-1;;;/h2*7,13H,4-6H2,1-3H3;1-4H2;2*1H;/q2*-1;;;;+2/p-2. The molecule has 3 fully saturated rings. The van der Waals surface area contributed by atoms with E-state index in [0.717, 1.165) is 11.8 Å². The van der Waals surface area contributed by atoms with Crippen molar-refractivity contribution in [1.29, 1.82) is 0 Å². The Hall–Kier alpha value is -0.413. The van der Waals surface area contributed by atoms with Gasteiger partial charge in [-0.05, 0) is 51.4 Å². The minimum atomic E-state index is 0. The zero-order valence-corrected chi connectivity index (χ0v) is 30.2. The Kier molecular flexibility index (Phi) is 11.4. The third kappa shape index (κ3) is 6.24. The van der Waals surface area contributed by atoms with Crippen LogP contribution in [0.25, 0.3) is 0 Å². The second-order valence-corrected chi connectivity index (χ2v) is 21.7. The van der Waals surface area contributed by atoms with E-state index in [4.69, 9.17) is 0 Å².